The van der Waals surface area contributed by atoms with E-state index in [0.29, 0.717) is 24.8 Å². The number of carbonyl (C=O) groups is 2. The van der Waals surface area contributed by atoms with Gasteiger partial charge in [0.2, 0.25) is 5.79 Å². The van der Waals surface area contributed by atoms with E-state index in [1.165, 1.54) is 6.07 Å². The van der Waals surface area contributed by atoms with Crippen molar-refractivity contribution in [3.8, 4) is 16.9 Å². The third kappa shape index (κ3) is 3.37. The smallest absolute Gasteiger partial charge is 0.253 e. The second-order valence-corrected chi connectivity index (χ2v) is 11.4. The molecule has 10 heteroatoms. The minimum absolute atomic E-state index is 0.0199. The first-order valence-corrected chi connectivity index (χ1v) is 13.3. The fourth-order valence-corrected chi connectivity index (χ4v) is 7.31. The summed E-state index contributed by atoms with van der Waals surface area (Å²) in [5, 5.41) is 54.1. The van der Waals surface area contributed by atoms with Crippen molar-refractivity contribution in [1.29, 1.82) is 0 Å². The van der Waals surface area contributed by atoms with Crippen LogP contribution in [0.4, 0.5) is 0 Å². The molecule has 40 heavy (non-hydrogen) atoms. The molecule has 5 atom stereocenters. The largest absolute Gasteiger partial charge is 0.510 e. The molecule has 0 aromatic heterocycles. The SMILES string of the molecule is CN(C)[C@@H]1C(O)=C(C(N)=O)C2(O)O[C@@]23C(O)=C2C(=O)c4c(O)ccc(-c5cccc(CCCO)c5)c4C[C@H]2C[C@@H]13. The predicted octanol–water partition coefficient (Wildman–Crippen LogP) is 1.87. The quantitative estimate of drug-likeness (QED) is 0.294. The molecule has 1 spiro atoms. The van der Waals surface area contributed by atoms with Crippen molar-refractivity contribution in [2.24, 2.45) is 17.6 Å². The number of benzene rings is 2. The van der Waals surface area contributed by atoms with Gasteiger partial charge in [0.1, 0.15) is 22.8 Å². The molecular weight excluding hydrogens is 516 g/mol. The summed E-state index contributed by atoms with van der Waals surface area (Å²) >= 11 is 0. The molecule has 2 aromatic carbocycles. The highest BCUT2D eigenvalue weighted by Crippen LogP contribution is 2.68. The average molecular weight is 549 g/mol. The fourth-order valence-electron chi connectivity index (χ4n) is 7.31. The van der Waals surface area contributed by atoms with Gasteiger partial charge in [0.05, 0.1) is 11.6 Å². The molecule has 0 radical (unpaired) electrons. The highest BCUT2D eigenvalue weighted by Gasteiger charge is 2.84. The van der Waals surface area contributed by atoms with Crippen LogP contribution < -0.4 is 5.73 Å². The van der Waals surface area contributed by atoms with E-state index in [1.54, 1.807) is 25.1 Å². The van der Waals surface area contributed by atoms with Crippen molar-refractivity contribution in [3.63, 3.8) is 0 Å². The number of amides is 1. The number of epoxide rings is 1. The van der Waals surface area contributed by atoms with Crippen LogP contribution in [0.25, 0.3) is 11.1 Å². The first-order valence-electron chi connectivity index (χ1n) is 13.3. The molecule has 1 heterocycles. The predicted molar refractivity (Wildman–Crippen MR) is 143 cm³/mol. The number of hydrogen-bond acceptors (Lipinski definition) is 9. The number of phenolic OH excluding ortho intramolecular Hbond substituents is 1. The third-order valence-corrected chi connectivity index (χ3v) is 8.98. The lowest BCUT2D eigenvalue weighted by molar-refractivity contribution is -0.117. The van der Waals surface area contributed by atoms with Gasteiger partial charge in [-0.1, -0.05) is 30.3 Å². The summed E-state index contributed by atoms with van der Waals surface area (Å²) < 4.78 is 5.72. The lowest BCUT2D eigenvalue weighted by Crippen LogP contribution is -2.57. The molecule has 1 saturated heterocycles. The standard InChI is InChI=1S/C30H32N2O8/c1-32(2)24-19-13-16-12-18-17(15-7-3-5-14(11-15)6-4-10-33)8-9-20(34)22(18)25(35)21(16)27(37)29(19)30(39,40-29)23(26(24)36)28(31)38/h3,5,7-9,11,16,19,24,33-34,36-37,39H,4,6,10,12-13H2,1-2H3,(H2,31,38)/t16-,19-,24-,29-,30?/m0/s1. The van der Waals surface area contributed by atoms with Crippen LogP contribution >= 0.6 is 0 Å². The van der Waals surface area contributed by atoms with Gasteiger partial charge in [0, 0.05) is 18.1 Å². The molecule has 4 aliphatic rings. The number of fused-ring (bicyclic) bond motifs is 2. The fraction of sp³-hybridized carbons (Fsp3) is 0.400. The Balaban J connectivity index is 1.50. The van der Waals surface area contributed by atoms with Gasteiger partial charge in [-0.25, -0.2) is 0 Å². The number of carbonyl (C=O) groups excluding carboxylic acids is 2. The third-order valence-electron chi connectivity index (χ3n) is 8.98. The van der Waals surface area contributed by atoms with Crippen molar-refractivity contribution in [2.75, 3.05) is 20.7 Å². The Morgan fingerprint density at radius 2 is 1.93 bits per heavy atom. The molecule has 1 fully saturated rings. The number of aliphatic hydroxyl groups excluding tert-OH is 3. The summed E-state index contributed by atoms with van der Waals surface area (Å²) in [6, 6.07) is 10.2. The van der Waals surface area contributed by atoms with E-state index in [9.17, 15) is 35.1 Å². The highest BCUT2D eigenvalue weighted by molar-refractivity contribution is 6.14. The zero-order valence-corrected chi connectivity index (χ0v) is 22.2. The molecule has 0 saturated carbocycles. The Kier molecular flexibility index (Phi) is 5.90. The number of nitrogens with zero attached hydrogens (tertiary/aromatic N) is 1. The topological polar surface area (TPSA) is 177 Å². The van der Waals surface area contributed by atoms with E-state index in [0.717, 1.165) is 16.7 Å². The Bertz CT molecular complexity index is 1530. The average Bonchev–Trinajstić information content (AvgIpc) is 3.53. The Morgan fingerprint density at radius 3 is 2.60 bits per heavy atom. The molecule has 1 unspecified atom stereocenters. The lowest BCUT2D eigenvalue weighted by Gasteiger charge is -2.46. The van der Waals surface area contributed by atoms with Crippen LogP contribution in [0, 0.1) is 11.8 Å². The number of hydrogen-bond donors (Lipinski definition) is 6. The van der Waals surface area contributed by atoms with Crippen molar-refractivity contribution in [2.45, 2.75) is 43.1 Å². The second kappa shape index (κ2) is 8.90. The van der Waals surface area contributed by atoms with Gasteiger partial charge in [-0.3, -0.25) is 14.5 Å². The zero-order chi connectivity index (χ0) is 28.7. The van der Waals surface area contributed by atoms with Gasteiger partial charge in [-0.2, -0.15) is 0 Å². The van der Waals surface area contributed by atoms with Crippen LogP contribution in [0.3, 0.4) is 0 Å². The van der Waals surface area contributed by atoms with Crippen LogP contribution in [-0.2, 0) is 22.4 Å². The summed E-state index contributed by atoms with van der Waals surface area (Å²) in [5.74, 6) is -6.40. The van der Waals surface area contributed by atoms with Gasteiger partial charge in [0.25, 0.3) is 5.91 Å². The monoisotopic (exact) mass is 548 g/mol. The van der Waals surface area contributed by atoms with Crippen LogP contribution in [0.5, 0.6) is 5.75 Å². The Labute approximate surface area is 230 Å². The maximum Gasteiger partial charge on any atom is 0.253 e. The minimum atomic E-state index is -2.37. The molecule has 1 amide bonds. The number of Topliss-reactive ketones (excluding diaryl/α,β-unsaturated/α-hetero) is 1. The maximum atomic E-state index is 14.0. The Hall–Kier alpha value is -3.70. The van der Waals surface area contributed by atoms with E-state index in [-0.39, 0.29) is 29.9 Å². The van der Waals surface area contributed by atoms with Gasteiger partial charge in [0.15, 0.2) is 11.4 Å². The first-order chi connectivity index (χ1) is 19.0. The zero-order valence-electron chi connectivity index (χ0n) is 22.2. The number of aryl methyl sites for hydroxylation is 1. The summed E-state index contributed by atoms with van der Waals surface area (Å²) in [7, 11) is 3.38. The van der Waals surface area contributed by atoms with Gasteiger partial charge in [-0.15, -0.1) is 0 Å². The number of allylic oxidation sites excluding steroid dienone is 1. The number of rotatable bonds is 6. The lowest BCUT2D eigenvalue weighted by atomic mass is 9.60. The van der Waals surface area contributed by atoms with Crippen molar-refractivity contribution in [1.82, 2.24) is 4.90 Å². The van der Waals surface area contributed by atoms with Crippen LogP contribution in [0.1, 0.15) is 34.3 Å². The number of aliphatic hydroxyl groups is 4. The molecular formula is C30H32N2O8. The number of ether oxygens (including phenoxy) is 1. The van der Waals surface area contributed by atoms with Crippen molar-refractivity contribution in [3.05, 3.63) is 75.8 Å². The van der Waals surface area contributed by atoms with Gasteiger partial charge < -0.3 is 36.0 Å². The maximum absolute atomic E-state index is 14.0. The summed E-state index contributed by atoms with van der Waals surface area (Å²) in [5.41, 5.74) is 6.55. The van der Waals surface area contributed by atoms with E-state index in [4.69, 9.17) is 10.5 Å². The number of phenols is 1. The van der Waals surface area contributed by atoms with Gasteiger partial charge in [-0.05, 0) is 74.0 Å². The summed E-state index contributed by atoms with van der Waals surface area (Å²) in [4.78, 5) is 28.0. The van der Waals surface area contributed by atoms with E-state index in [2.05, 4.69) is 0 Å². The van der Waals surface area contributed by atoms with E-state index in [1.807, 2.05) is 24.3 Å². The highest BCUT2D eigenvalue weighted by atomic mass is 16.8. The second-order valence-electron chi connectivity index (χ2n) is 11.4. The summed E-state index contributed by atoms with van der Waals surface area (Å²) in [6.07, 6.45) is 1.87. The number of ketones is 1. The molecule has 6 rings (SSSR count). The van der Waals surface area contributed by atoms with Crippen LogP contribution in [0.15, 0.2) is 59.1 Å². The van der Waals surface area contributed by atoms with Crippen LogP contribution in [-0.4, -0.2) is 80.3 Å². The molecule has 2 aromatic rings. The first kappa shape index (κ1) is 26.5. The summed E-state index contributed by atoms with van der Waals surface area (Å²) in [6.45, 7) is 0.0781. The normalized spacial score (nSPS) is 30.5. The molecule has 3 aliphatic carbocycles. The number of aromatic hydroxyl groups is 1. The molecule has 7 N–H and O–H groups in total. The van der Waals surface area contributed by atoms with Crippen LogP contribution in [0.2, 0.25) is 0 Å². The molecule has 0 bridgehead atoms. The minimum Gasteiger partial charge on any atom is -0.510 e. The number of nitrogens with two attached hydrogens (primary N) is 1. The van der Waals surface area contributed by atoms with Crippen molar-refractivity contribution >= 4 is 11.7 Å². The van der Waals surface area contributed by atoms with Crippen molar-refractivity contribution < 1.29 is 39.9 Å². The van der Waals surface area contributed by atoms with E-state index >= 15 is 0 Å². The molecule has 210 valence electrons. The number of likely N-dealkylation sites (N-methyl/N-ethyl adjacent to an activating group) is 1. The van der Waals surface area contributed by atoms with Gasteiger partial charge >= 0.3 is 0 Å². The number of primary amides is 1. The molecule has 10 nitrogen and oxygen atoms in total. The molecule has 1 aliphatic heterocycles. The Morgan fingerprint density at radius 1 is 1.18 bits per heavy atom. The van der Waals surface area contributed by atoms with E-state index < -0.39 is 58.0 Å².